The van der Waals surface area contributed by atoms with Gasteiger partial charge >= 0.3 is 0 Å². The number of ether oxygens (including phenoxy) is 1. The van der Waals surface area contributed by atoms with Gasteiger partial charge in [-0.05, 0) is 31.0 Å². The van der Waals surface area contributed by atoms with E-state index >= 15 is 0 Å². The number of hydrogen-bond acceptors (Lipinski definition) is 3. The largest absolute Gasteiger partial charge is 0.493 e. The molecule has 3 nitrogen and oxygen atoms in total. The topological polar surface area (TPSA) is 48.4 Å². The Kier molecular flexibility index (Phi) is 2.88. The van der Waals surface area contributed by atoms with Crippen molar-refractivity contribution in [2.45, 2.75) is 26.8 Å². The van der Waals surface area contributed by atoms with E-state index in [1.54, 1.807) is 7.11 Å². The summed E-state index contributed by atoms with van der Waals surface area (Å²) in [5.74, 6) is 1.64. The van der Waals surface area contributed by atoms with E-state index in [2.05, 4.69) is 19.9 Å². The Morgan fingerprint density at radius 1 is 1.38 bits per heavy atom. The van der Waals surface area contributed by atoms with Gasteiger partial charge in [-0.25, -0.2) is 0 Å². The summed E-state index contributed by atoms with van der Waals surface area (Å²) in [4.78, 5) is 0. The number of nitrogens with two attached hydrogens (primary N) is 1. The average molecular weight is 219 g/mol. The summed E-state index contributed by atoms with van der Waals surface area (Å²) in [7, 11) is 1.66. The third kappa shape index (κ3) is 1.57. The van der Waals surface area contributed by atoms with E-state index in [0.29, 0.717) is 6.54 Å². The Hall–Kier alpha value is -1.48. The number of hydrogen-bond donors (Lipinski definition) is 1. The first-order chi connectivity index (χ1) is 7.71. The fraction of sp³-hybridized carbons (Fsp3) is 0.385. The van der Waals surface area contributed by atoms with Crippen LogP contribution in [0.15, 0.2) is 16.5 Å². The monoisotopic (exact) mass is 219 g/mol. The summed E-state index contributed by atoms with van der Waals surface area (Å²) in [6.07, 6.45) is 0.923. The zero-order valence-electron chi connectivity index (χ0n) is 9.96. The minimum Gasteiger partial charge on any atom is -0.493 e. The molecule has 0 atom stereocenters. The van der Waals surface area contributed by atoms with Gasteiger partial charge in [-0.2, -0.15) is 0 Å². The molecule has 16 heavy (non-hydrogen) atoms. The van der Waals surface area contributed by atoms with Gasteiger partial charge in [0, 0.05) is 10.9 Å². The van der Waals surface area contributed by atoms with Crippen molar-refractivity contribution < 1.29 is 9.15 Å². The highest BCUT2D eigenvalue weighted by molar-refractivity contribution is 5.88. The molecule has 0 spiro atoms. The second-order valence-corrected chi connectivity index (χ2v) is 3.91. The van der Waals surface area contributed by atoms with Gasteiger partial charge < -0.3 is 14.9 Å². The van der Waals surface area contributed by atoms with Gasteiger partial charge in [-0.1, -0.05) is 6.92 Å². The van der Waals surface area contributed by atoms with Crippen molar-refractivity contribution in [2.75, 3.05) is 7.11 Å². The van der Waals surface area contributed by atoms with Crippen LogP contribution in [-0.2, 0) is 13.0 Å². The first-order valence-electron chi connectivity index (χ1n) is 5.50. The molecule has 0 unspecified atom stereocenters. The highest BCUT2D eigenvalue weighted by atomic mass is 16.5. The molecule has 2 aromatic rings. The van der Waals surface area contributed by atoms with Gasteiger partial charge in [0.15, 0.2) is 11.3 Å². The minimum atomic E-state index is 0.431. The molecule has 1 aromatic heterocycles. The molecule has 0 saturated heterocycles. The maximum absolute atomic E-state index is 5.77. The van der Waals surface area contributed by atoms with Crippen molar-refractivity contribution in [1.29, 1.82) is 0 Å². The van der Waals surface area contributed by atoms with Crippen LogP contribution in [0.4, 0.5) is 0 Å². The number of benzene rings is 1. The maximum Gasteiger partial charge on any atom is 0.176 e. The van der Waals surface area contributed by atoms with E-state index in [9.17, 15) is 0 Å². The molecule has 0 aliphatic carbocycles. The van der Waals surface area contributed by atoms with E-state index in [0.717, 1.165) is 28.9 Å². The van der Waals surface area contributed by atoms with E-state index in [-0.39, 0.29) is 0 Å². The van der Waals surface area contributed by atoms with Crippen molar-refractivity contribution in [2.24, 2.45) is 5.73 Å². The fourth-order valence-electron chi connectivity index (χ4n) is 2.11. The number of furan rings is 1. The predicted octanol–water partition coefficient (Wildman–Crippen LogP) is 2.77. The normalized spacial score (nSPS) is 11.0. The zero-order valence-corrected chi connectivity index (χ0v) is 9.96. The van der Waals surface area contributed by atoms with Gasteiger partial charge in [0.05, 0.1) is 13.7 Å². The van der Waals surface area contributed by atoms with E-state index in [1.165, 1.54) is 11.1 Å². The number of fused-ring (bicyclic) bond motifs is 1. The van der Waals surface area contributed by atoms with Crippen LogP contribution >= 0.6 is 0 Å². The first kappa shape index (κ1) is 11.0. The highest BCUT2D eigenvalue weighted by Gasteiger charge is 2.15. The standard InChI is InChI=1S/C13H17NO2/c1-4-9-10-5-8(2)6-11(15-3)13(10)16-12(9)7-14/h5-6H,4,7,14H2,1-3H3. The fourth-order valence-corrected chi connectivity index (χ4v) is 2.11. The van der Waals surface area contributed by atoms with Crippen LogP contribution in [0.5, 0.6) is 5.75 Å². The molecule has 2 N–H and O–H groups in total. The van der Waals surface area contributed by atoms with E-state index in [1.807, 2.05) is 6.07 Å². The second-order valence-electron chi connectivity index (χ2n) is 3.91. The molecule has 0 aliphatic rings. The maximum atomic E-state index is 5.77. The summed E-state index contributed by atoms with van der Waals surface area (Å²) in [5.41, 5.74) is 8.86. The molecule has 86 valence electrons. The lowest BCUT2D eigenvalue weighted by atomic mass is 10.1. The van der Waals surface area contributed by atoms with Crippen LogP contribution < -0.4 is 10.5 Å². The smallest absolute Gasteiger partial charge is 0.176 e. The third-order valence-corrected chi connectivity index (χ3v) is 2.85. The number of rotatable bonds is 3. The van der Waals surface area contributed by atoms with Crippen molar-refractivity contribution in [3.05, 3.63) is 29.0 Å². The zero-order chi connectivity index (χ0) is 11.7. The quantitative estimate of drug-likeness (QED) is 0.863. The van der Waals surface area contributed by atoms with Gasteiger partial charge in [0.1, 0.15) is 5.76 Å². The SMILES string of the molecule is CCc1c(CN)oc2c(OC)cc(C)cc12. The molecule has 0 bridgehead atoms. The predicted molar refractivity (Wildman–Crippen MR) is 64.8 cm³/mol. The van der Waals surface area contributed by atoms with Crippen molar-refractivity contribution in [3.63, 3.8) is 0 Å². The van der Waals surface area contributed by atoms with Crippen molar-refractivity contribution in [3.8, 4) is 5.75 Å². The third-order valence-electron chi connectivity index (χ3n) is 2.85. The van der Waals surface area contributed by atoms with Crippen LogP contribution in [0.3, 0.4) is 0 Å². The van der Waals surface area contributed by atoms with E-state index in [4.69, 9.17) is 14.9 Å². The highest BCUT2D eigenvalue weighted by Crippen LogP contribution is 2.34. The lowest BCUT2D eigenvalue weighted by Crippen LogP contribution is -1.97. The Bertz CT molecular complexity index is 514. The van der Waals surface area contributed by atoms with Crippen LogP contribution in [0, 0.1) is 6.92 Å². The molecule has 2 rings (SSSR count). The summed E-state index contributed by atoms with van der Waals surface area (Å²) in [6.45, 7) is 4.59. The molecule has 1 aromatic carbocycles. The van der Waals surface area contributed by atoms with Crippen molar-refractivity contribution in [1.82, 2.24) is 0 Å². The van der Waals surface area contributed by atoms with Gasteiger partial charge in [0.25, 0.3) is 0 Å². The summed E-state index contributed by atoms with van der Waals surface area (Å²) >= 11 is 0. The first-order valence-corrected chi connectivity index (χ1v) is 5.50. The Morgan fingerprint density at radius 3 is 2.69 bits per heavy atom. The molecule has 0 radical (unpaired) electrons. The number of methoxy groups -OCH3 is 1. The molecule has 1 heterocycles. The molecular formula is C13H17NO2. The number of aryl methyl sites for hydroxylation is 2. The summed E-state index contributed by atoms with van der Waals surface area (Å²) in [5, 5.41) is 1.12. The van der Waals surface area contributed by atoms with Crippen LogP contribution in [0.2, 0.25) is 0 Å². The molecule has 0 aliphatic heterocycles. The molecule has 0 saturated carbocycles. The minimum absolute atomic E-state index is 0.431. The van der Waals surface area contributed by atoms with Gasteiger partial charge in [-0.3, -0.25) is 0 Å². The summed E-state index contributed by atoms with van der Waals surface area (Å²) in [6, 6.07) is 4.10. The Labute approximate surface area is 95.2 Å². The van der Waals surface area contributed by atoms with Crippen molar-refractivity contribution >= 4 is 11.0 Å². The molecular weight excluding hydrogens is 202 g/mol. The average Bonchev–Trinajstić information content (AvgIpc) is 2.65. The summed E-state index contributed by atoms with van der Waals surface area (Å²) < 4.78 is 11.1. The van der Waals surface area contributed by atoms with Gasteiger partial charge in [0.2, 0.25) is 0 Å². The molecule has 0 amide bonds. The molecule has 3 heteroatoms. The van der Waals surface area contributed by atoms with Crippen LogP contribution in [-0.4, -0.2) is 7.11 Å². The van der Waals surface area contributed by atoms with E-state index < -0.39 is 0 Å². The lowest BCUT2D eigenvalue weighted by molar-refractivity contribution is 0.407. The second kappa shape index (κ2) is 4.18. The Balaban J connectivity index is 2.80. The van der Waals surface area contributed by atoms with Gasteiger partial charge in [-0.15, -0.1) is 0 Å². The lowest BCUT2D eigenvalue weighted by Gasteiger charge is -2.02. The Morgan fingerprint density at radius 2 is 2.12 bits per heavy atom. The van der Waals surface area contributed by atoms with Crippen LogP contribution in [0.25, 0.3) is 11.0 Å². The molecule has 0 fully saturated rings. The van der Waals surface area contributed by atoms with Crippen LogP contribution in [0.1, 0.15) is 23.8 Å².